The lowest BCUT2D eigenvalue weighted by atomic mass is 9.91. The van der Waals surface area contributed by atoms with Gasteiger partial charge in [0.15, 0.2) is 0 Å². The van der Waals surface area contributed by atoms with Gasteiger partial charge in [0.2, 0.25) is 0 Å². The zero-order chi connectivity index (χ0) is 13.9. The van der Waals surface area contributed by atoms with Crippen molar-refractivity contribution in [2.45, 2.75) is 43.3 Å². The lowest BCUT2D eigenvalue weighted by Gasteiger charge is -2.40. The Morgan fingerprint density at radius 3 is 2.85 bits per heavy atom. The van der Waals surface area contributed by atoms with Crippen LogP contribution in [-0.2, 0) is 22.3 Å². The van der Waals surface area contributed by atoms with E-state index in [0.29, 0.717) is 13.2 Å². The van der Waals surface area contributed by atoms with Gasteiger partial charge in [0.1, 0.15) is 18.0 Å². The molecule has 4 heteroatoms. The Kier molecular flexibility index (Phi) is 4.49. The number of aryl methyl sites for hydroxylation is 2. The Morgan fingerprint density at radius 2 is 2.05 bits per heavy atom. The maximum atomic E-state index is 6.20. The van der Waals surface area contributed by atoms with E-state index in [0.717, 1.165) is 12.2 Å². The molecule has 1 fully saturated rings. The summed E-state index contributed by atoms with van der Waals surface area (Å²) in [7, 11) is 1.67. The van der Waals surface area contributed by atoms with E-state index in [9.17, 15) is 0 Å². The van der Waals surface area contributed by atoms with Crippen molar-refractivity contribution in [3.8, 4) is 5.75 Å². The van der Waals surface area contributed by atoms with Gasteiger partial charge < -0.3 is 14.2 Å². The second-order valence-corrected chi connectivity index (χ2v) is 6.08. The Morgan fingerprint density at radius 1 is 1.20 bits per heavy atom. The van der Waals surface area contributed by atoms with Gasteiger partial charge in [-0.05, 0) is 42.5 Å². The van der Waals surface area contributed by atoms with Gasteiger partial charge in [0, 0.05) is 13.5 Å². The summed E-state index contributed by atoms with van der Waals surface area (Å²) in [4.78, 5) is 0. The molecule has 1 aromatic carbocycles. The number of alkyl halides is 1. The monoisotopic (exact) mass is 296 g/mol. The van der Waals surface area contributed by atoms with Crippen LogP contribution in [-0.4, -0.2) is 37.9 Å². The van der Waals surface area contributed by atoms with Crippen molar-refractivity contribution in [3.63, 3.8) is 0 Å². The van der Waals surface area contributed by atoms with Crippen LogP contribution in [0.2, 0.25) is 0 Å². The van der Waals surface area contributed by atoms with Gasteiger partial charge in [-0.25, -0.2) is 0 Å². The molecule has 3 nitrogen and oxygen atoms in total. The minimum absolute atomic E-state index is 0.0277. The van der Waals surface area contributed by atoms with E-state index in [-0.39, 0.29) is 17.6 Å². The molecule has 0 aromatic heterocycles. The fourth-order valence-electron chi connectivity index (χ4n) is 2.92. The Hall–Kier alpha value is -0.770. The number of hydrogen-bond donors (Lipinski definition) is 0. The van der Waals surface area contributed by atoms with Crippen molar-refractivity contribution in [1.29, 1.82) is 0 Å². The fourth-order valence-corrected chi connectivity index (χ4v) is 3.33. The zero-order valence-corrected chi connectivity index (χ0v) is 12.6. The molecule has 3 atom stereocenters. The highest BCUT2D eigenvalue weighted by Gasteiger charge is 2.42. The summed E-state index contributed by atoms with van der Waals surface area (Å²) in [6.07, 6.45) is 4.51. The van der Waals surface area contributed by atoms with Crippen LogP contribution >= 0.6 is 11.6 Å². The van der Waals surface area contributed by atoms with Gasteiger partial charge in [-0.1, -0.05) is 6.07 Å². The van der Waals surface area contributed by atoms with E-state index in [1.807, 2.05) is 0 Å². The first kappa shape index (κ1) is 14.2. The summed E-state index contributed by atoms with van der Waals surface area (Å²) in [5.74, 6) is 0.944. The average molecular weight is 297 g/mol. The van der Waals surface area contributed by atoms with E-state index in [1.165, 1.54) is 30.4 Å². The first-order valence-electron chi connectivity index (χ1n) is 7.31. The summed E-state index contributed by atoms with van der Waals surface area (Å²) in [6.45, 7) is 1.15. The van der Waals surface area contributed by atoms with Crippen molar-refractivity contribution < 1.29 is 14.2 Å². The molecule has 0 radical (unpaired) electrons. The third-order valence-electron chi connectivity index (χ3n) is 4.14. The van der Waals surface area contributed by atoms with Gasteiger partial charge in [-0.2, -0.15) is 0 Å². The summed E-state index contributed by atoms with van der Waals surface area (Å²) >= 11 is 6.20. The first-order valence-corrected chi connectivity index (χ1v) is 7.74. The predicted molar refractivity (Wildman–Crippen MR) is 78.8 cm³/mol. The van der Waals surface area contributed by atoms with Crippen molar-refractivity contribution >= 4 is 11.6 Å². The topological polar surface area (TPSA) is 27.7 Å². The second-order valence-electron chi connectivity index (χ2n) is 5.52. The number of benzene rings is 1. The smallest absolute Gasteiger partial charge is 0.128 e. The minimum Gasteiger partial charge on any atom is -0.488 e. The van der Waals surface area contributed by atoms with Crippen LogP contribution in [0.1, 0.15) is 24.0 Å². The summed E-state index contributed by atoms with van der Waals surface area (Å²) < 4.78 is 16.8. The highest BCUT2D eigenvalue weighted by Crippen LogP contribution is 2.34. The van der Waals surface area contributed by atoms with Crippen LogP contribution < -0.4 is 4.74 Å². The molecule has 1 saturated carbocycles. The zero-order valence-electron chi connectivity index (χ0n) is 11.8. The van der Waals surface area contributed by atoms with Gasteiger partial charge in [-0.15, -0.1) is 11.6 Å². The molecule has 1 aromatic rings. The Labute approximate surface area is 125 Å². The van der Waals surface area contributed by atoms with Crippen LogP contribution in [0, 0.1) is 0 Å². The van der Waals surface area contributed by atoms with Crippen LogP contribution in [0.5, 0.6) is 5.75 Å². The van der Waals surface area contributed by atoms with Gasteiger partial charge in [-0.3, -0.25) is 0 Å². The summed E-state index contributed by atoms with van der Waals surface area (Å²) in [5.41, 5.74) is 2.90. The van der Waals surface area contributed by atoms with Gasteiger partial charge >= 0.3 is 0 Å². The molecule has 110 valence electrons. The Bertz CT molecular complexity index is 463. The van der Waals surface area contributed by atoms with E-state index in [4.69, 9.17) is 25.8 Å². The molecular weight excluding hydrogens is 276 g/mol. The molecule has 0 heterocycles. The standard InChI is InChI=1S/C16H21ClO3/c1-18-7-8-19-16-14(17)10-15(16)20-13-6-5-11-3-2-4-12(11)9-13/h5-6,9,14-16H,2-4,7-8,10H2,1H3. The average Bonchev–Trinajstić information content (AvgIpc) is 2.90. The largest absolute Gasteiger partial charge is 0.488 e. The molecule has 0 N–H and O–H groups in total. The molecule has 2 aliphatic rings. The molecule has 0 bridgehead atoms. The highest BCUT2D eigenvalue weighted by molar-refractivity contribution is 6.21. The van der Waals surface area contributed by atoms with Gasteiger partial charge in [0.05, 0.1) is 18.6 Å². The maximum absolute atomic E-state index is 6.20. The van der Waals surface area contributed by atoms with Crippen LogP contribution in [0.25, 0.3) is 0 Å². The lowest BCUT2D eigenvalue weighted by molar-refractivity contribution is -0.0898. The van der Waals surface area contributed by atoms with Crippen molar-refractivity contribution in [1.82, 2.24) is 0 Å². The van der Waals surface area contributed by atoms with Gasteiger partial charge in [0.25, 0.3) is 0 Å². The van der Waals surface area contributed by atoms with Crippen molar-refractivity contribution in [3.05, 3.63) is 29.3 Å². The fraction of sp³-hybridized carbons (Fsp3) is 0.625. The molecule has 3 unspecified atom stereocenters. The number of fused-ring (bicyclic) bond motifs is 1. The molecule has 0 spiro atoms. The second kappa shape index (κ2) is 6.33. The number of ether oxygens (including phenoxy) is 3. The molecule has 20 heavy (non-hydrogen) atoms. The SMILES string of the molecule is COCCOC1C(Cl)CC1Oc1ccc2c(c1)CCC2. The van der Waals surface area contributed by atoms with Crippen molar-refractivity contribution in [2.75, 3.05) is 20.3 Å². The maximum Gasteiger partial charge on any atom is 0.128 e. The highest BCUT2D eigenvalue weighted by atomic mass is 35.5. The summed E-state index contributed by atoms with van der Waals surface area (Å²) in [5, 5.41) is 0.0475. The third-order valence-corrected chi connectivity index (χ3v) is 4.56. The molecule has 2 aliphatic carbocycles. The number of hydrogen-bond acceptors (Lipinski definition) is 3. The van der Waals surface area contributed by atoms with Crippen LogP contribution in [0.4, 0.5) is 0 Å². The van der Waals surface area contributed by atoms with E-state index in [2.05, 4.69) is 18.2 Å². The number of methoxy groups -OCH3 is 1. The quantitative estimate of drug-likeness (QED) is 0.597. The molecular formula is C16H21ClO3. The number of rotatable bonds is 6. The van der Waals surface area contributed by atoms with Crippen molar-refractivity contribution in [2.24, 2.45) is 0 Å². The molecule has 0 aliphatic heterocycles. The number of halogens is 1. The molecule has 0 saturated heterocycles. The van der Waals surface area contributed by atoms with E-state index in [1.54, 1.807) is 7.11 Å². The first-order chi connectivity index (χ1) is 9.78. The third kappa shape index (κ3) is 2.95. The minimum atomic E-state index is -0.0277. The van der Waals surface area contributed by atoms with Crippen LogP contribution in [0.3, 0.4) is 0 Å². The Balaban J connectivity index is 1.57. The molecule has 3 rings (SSSR count). The van der Waals surface area contributed by atoms with E-state index >= 15 is 0 Å². The van der Waals surface area contributed by atoms with Crippen LogP contribution in [0.15, 0.2) is 18.2 Å². The predicted octanol–water partition coefficient (Wildman–Crippen LogP) is 2.97. The summed E-state index contributed by atoms with van der Waals surface area (Å²) in [6, 6.07) is 6.43. The normalized spacial score (nSPS) is 28.0. The molecule has 0 amide bonds. The van der Waals surface area contributed by atoms with E-state index < -0.39 is 0 Å². The lowest BCUT2D eigenvalue weighted by Crippen LogP contribution is -2.53.